The summed E-state index contributed by atoms with van der Waals surface area (Å²) >= 11 is 1.86. The van der Waals surface area contributed by atoms with Crippen molar-refractivity contribution in [3.05, 3.63) is 103 Å². The lowest BCUT2D eigenvalue weighted by molar-refractivity contribution is 0.958. The van der Waals surface area contributed by atoms with Gasteiger partial charge in [-0.1, -0.05) is 66.7 Å². The Morgan fingerprint density at radius 3 is 2.13 bits per heavy atom. The molecule has 31 heavy (non-hydrogen) atoms. The van der Waals surface area contributed by atoms with Crippen LogP contribution in [0.25, 0.3) is 53.9 Å². The Bertz CT molecular complexity index is 1730. The van der Waals surface area contributed by atoms with Crippen LogP contribution in [0.1, 0.15) is 0 Å². The van der Waals surface area contributed by atoms with Crippen LogP contribution in [0.4, 0.5) is 0 Å². The van der Waals surface area contributed by atoms with Crippen LogP contribution in [0.15, 0.2) is 103 Å². The van der Waals surface area contributed by atoms with Gasteiger partial charge < -0.3 is 0 Å². The summed E-state index contributed by atoms with van der Waals surface area (Å²) in [7, 11) is 0. The molecule has 0 fully saturated rings. The molecule has 7 rings (SSSR count). The number of aromatic nitrogens is 3. The predicted octanol–water partition coefficient (Wildman–Crippen LogP) is 7.34. The molecule has 0 aliphatic carbocycles. The van der Waals surface area contributed by atoms with Crippen molar-refractivity contribution in [2.45, 2.75) is 0 Å². The summed E-state index contributed by atoms with van der Waals surface area (Å²) in [5.74, 6) is 0.919. The molecule has 146 valence electrons. The van der Waals surface area contributed by atoms with Gasteiger partial charge in [0.2, 0.25) is 5.95 Å². The molecule has 0 saturated carbocycles. The molecule has 4 heteroatoms. The van der Waals surface area contributed by atoms with Crippen molar-refractivity contribution in [3.63, 3.8) is 0 Å². The highest BCUT2D eigenvalue weighted by Gasteiger charge is 2.22. The van der Waals surface area contributed by atoms with Gasteiger partial charge in [-0.2, -0.15) is 0 Å². The van der Waals surface area contributed by atoms with Crippen molar-refractivity contribution in [3.8, 4) is 11.6 Å². The average Bonchev–Trinajstić information content (AvgIpc) is 3.48. The molecule has 0 spiro atoms. The molecule has 3 nitrogen and oxygen atoms in total. The SMILES string of the molecule is c1ccc(-n2c(-n3c4ccccc4c4sc5ccccc5c43)nc3ccccc32)cc1. The van der Waals surface area contributed by atoms with Crippen LogP contribution in [-0.4, -0.2) is 14.1 Å². The molecule has 4 aromatic carbocycles. The topological polar surface area (TPSA) is 22.8 Å². The van der Waals surface area contributed by atoms with Crippen LogP contribution in [0, 0.1) is 0 Å². The van der Waals surface area contributed by atoms with Gasteiger partial charge in [0.1, 0.15) is 0 Å². The lowest BCUT2D eigenvalue weighted by atomic mass is 10.2. The van der Waals surface area contributed by atoms with Gasteiger partial charge >= 0.3 is 0 Å². The molecule has 0 N–H and O–H groups in total. The monoisotopic (exact) mass is 415 g/mol. The number of nitrogens with zero attached hydrogens (tertiary/aromatic N) is 3. The minimum atomic E-state index is 0.919. The lowest BCUT2D eigenvalue weighted by Crippen LogP contribution is -2.05. The van der Waals surface area contributed by atoms with Crippen LogP contribution in [0.5, 0.6) is 0 Å². The van der Waals surface area contributed by atoms with Crippen molar-refractivity contribution in [1.82, 2.24) is 14.1 Å². The van der Waals surface area contributed by atoms with Crippen LogP contribution >= 0.6 is 11.3 Å². The summed E-state index contributed by atoms with van der Waals surface area (Å²) in [6.07, 6.45) is 0. The first-order valence-corrected chi connectivity index (χ1v) is 11.2. The van der Waals surface area contributed by atoms with E-state index in [-0.39, 0.29) is 0 Å². The highest BCUT2D eigenvalue weighted by Crippen LogP contribution is 2.42. The first-order chi connectivity index (χ1) is 15.4. The maximum atomic E-state index is 5.15. The van der Waals surface area contributed by atoms with E-state index < -0.39 is 0 Å². The smallest absolute Gasteiger partial charge is 0.220 e. The Balaban J connectivity index is 1.72. The first kappa shape index (κ1) is 16.9. The molecule has 3 aromatic heterocycles. The predicted molar refractivity (Wildman–Crippen MR) is 131 cm³/mol. The van der Waals surface area contributed by atoms with Crippen LogP contribution in [0.3, 0.4) is 0 Å². The molecular weight excluding hydrogens is 398 g/mol. The third kappa shape index (κ3) is 2.31. The number of fused-ring (bicyclic) bond motifs is 6. The fraction of sp³-hybridized carbons (Fsp3) is 0. The summed E-state index contributed by atoms with van der Waals surface area (Å²) in [5.41, 5.74) is 5.62. The van der Waals surface area contributed by atoms with Crippen LogP contribution in [-0.2, 0) is 0 Å². The van der Waals surface area contributed by atoms with Crippen molar-refractivity contribution >= 4 is 53.6 Å². The molecule has 0 atom stereocenters. The number of rotatable bonds is 2. The molecule has 0 unspecified atom stereocenters. The summed E-state index contributed by atoms with van der Waals surface area (Å²) in [5, 5.41) is 2.54. The molecule has 7 aromatic rings. The van der Waals surface area contributed by atoms with Crippen LogP contribution < -0.4 is 0 Å². The fourth-order valence-corrected chi connectivity index (χ4v) is 5.84. The third-order valence-electron chi connectivity index (χ3n) is 5.94. The van der Waals surface area contributed by atoms with Gasteiger partial charge in [0.05, 0.1) is 26.8 Å². The minimum Gasteiger partial charge on any atom is -0.278 e. The molecule has 0 aliphatic rings. The molecule has 3 heterocycles. The van der Waals surface area contributed by atoms with E-state index in [1.165, 1.54) is 31.2 Å². The van der Waals surface area contributed by atoms with Gasteiger partial charge in [-0.25, -0.2) is 4.98 Å². The van der Waals surface area contributed by atoms with Crippen molar-refractivity contribution in [1.29, 1.82) is 0 Å². The largest absolute Gasteiger partial charge is 0.278 e. The lowest BCUT2D eigenvalue weighted by Gasteiger charge is -2.12. The minimum absolute atomic E-state index is 0.919. The summed E-state index contributed by atoms with van der Waals surface area (Å²) in [6.45, 7) is 0. The van der Waals surface area contributed by atoms with Crippen molar-refractivity contribution < 1.29 is 0 Å². The number of thiophene rings is 1. The number of hydrogen-bond donors (Lipinski definition) is 0. The maximum Gasteiger partial charge on any atom is 0.220 e. The molecule has 0 aliphatic heterocycles. The van der Waals surface area contributed by atoms with Gasteiger partial charge in [-0.3, -0.25) is 9.13 Å². The zero-order valence-corrected chi connectivity index (χ0v) is 17.4. The highest BCUT2D eigenvalue weighted by atomic mass is 32.1. The quantitative estimate of drug-likeness (QED) is 0.290. The number of benzene rings is 4. The van der Waals surface area contributed by atoms with Gasteiger partial charge in [0, 0.05) is 21.2 Å². The number of hydrogen-bond acceptors (Lipinski definition) is 2. The summed E-state index contributed by atoms with van der Waals surface area (Å²) in [6, 6.07) is 36.2. The standard InChI is InChI=1S/C27H17N3S/c1-2-10-18(11-3-1)29-23-16-8-6-14-21(23)28-27(29)30-22-15-7-4-12-19(22)26-25(30)20-13-5-9-17-24(20)31-26/h1-17H. The Hall–Kier alpha value is -3.89. The van der Waals surface area contributed by atoms with E-state index in [1.807, 2.05) is 11.3 Å². The normalized spacial score (nSPS) is 11.9. The highest BCUT2D eigenvalue weighted by molar-refractivity contribution is 7.26. The molecule has 0 saturated heterocycles. The molecule has 0 bridgehead atoms. The Kier molecular flexibility index (Phi) is 3.43. The second-order valence-electron chi connectivity index (χ2n) is 7.70. The third-order valence-corrected chi connectivity index (χ3v) is 7.13. The van der Waals surface area contributed by atoms with E-state index in [0.717, 1.165) is 22.7 Å². The van der Waals surface area contributed by atoms with E-state index in [4.69, 9.17) is 4.98 Å². The second-order valence-corrected chi connectivity index (χ2v) is 8.75. The van der Waals surface area contributed by atoms with Gasteiger partial charge in [0.25, 0.3) is 0 Å². The first-order valence-electron chi connectivity index (χ1n) is 10.3. The summed E-state index contributed by atoms with van der Waals surface area (Å²) < 4.78 is 7.22. The Morgan fingerprint density at radius 2 is 1.26 bits per heavy atom. The second kappa shape index (κ2) is 6.30. The molecule has 0 amide bonds. The van der Waals surface area contributed by atoms with Crippen molar-refractivity contribution in [2.24, 2.45) is 0 Å². The van der Waals surface area contributed by atoms with Gasteiger partial charge in [0.15, 0.2) is 0 Å². The van der Waals surface area contributed by atoms with E-state index in [0.29, 0.717) is 0 Å². The number of imidazole rings is 1. The van der Waals surface area contributed by atoms with E-state index in [9.17, 15) is 0 Å². The summed E-state index contributed by atoms with van der Waals surface area (Å²) in [4.78, 5) is 5.15. The number of para-hydroxylation sites is 4. The van der Waals surface area contributed by atoms with E-state index in [1.54, 1.807) is 0 Å². The van der Waals surface area contributed by atoms with Gasteiger partial charge in [-0.15, -0.1) is 11.3 Å². The zero-order chi connectivity index (χ0) is 20.4. The molecule has 0 radical (unpaired) electrons. The van der Waals surface area contributed by atoms with Crippen molar-refractivity contribution in [2.75, 3.05) is 0 Å². The average molecular weight is 416 g/mol. The van der Waals surface area contributed by atoms with E-state index >= 15 is 0 Å². The molecular formula is C27H17N3S. The van der Waals surface area contributed by atoms with Gasteiger partial charge in [-0.05, 0) is 36.4 Å². The zero-order valence-electron chi connectivity index (χ0n) is 16.6. The Morgan fingerprint density at radius 1 is 0.581 bits per heavy atom. The fourth-order valence-electron chi connectivity index (χ4n) is 4.62. The van der Waals surface area contributed by atoms with E-state index in [2.05, 4.69) is 112 Å². The van der Waals surface area contributed by atoms with Crippen LogP contribution in [0.2, 0.25) is 0 Å². The maximum absolute atomic E-state index is 5.15. The Labute approximate surface area is 182 Å².